The summed E-state index contributed by atoms with van der Waals surface area (Å²) in [6.45, 7) is 1.59. The molecule has 0 aliphatic rings. The van der Waals surface area contributed by atoms with Crippen molar-refractivity contribution in [1.29, 1.82) is 0 Å². The third kappa shape index (κ3) is 8.11. The number of carbonyl (C=O) groups excluding carboxylic acids is 2. The lowest BCUT2D eigenvalue weighted by atomic mass is 10.0. The fraction of sp³-hybridized carbons (Fsp3) is 0.212. The summed E-state index contributed by atoms with van der Waals surface area (Å²) in [4.78, 5) is 29.3. The number of anilines is 1. The van der Waals surface area contributed by atoms with Crippen molar-refractivity contribution in [1.82, 2.24) is 10.2 Å². The molecule has 0 fully saturated rings. The van der Waals surface area contributed by atoms with Crippen LogP contribution < -0.4 is 14.4 Å². The number of nitrogens with one attached hydrogen (secondary N) is 1. The zero-order valence-electron chi connectivity index (χ0n) is 24.3. The van der Waals surface area contributed by atoms with E-state index in [9.17, 15) is 18.0 Å². The van der Waals surface area contributed by atoms with E-state index in [1.54, 1.807) is 49.4 Å². The van der Waals surface area contributed by atoms with Crippen LogP contribution in [0.1, 0.15) is 18.1 Å². The van der Waals surface area contributed by atoms with Crippen molar-refractivity contribution in [3.05, 3.63) is 124 Å². The summed E-state index contributed by atoms with van der Waals surface area (Å²) in [5, 5.41) is 3.54. The van der Waals surface area contributed by atoms with Crippen LogP contribution in [0.15, 0.2) is 108 Å². The lowest BCUT2D eigenvalue weighted by Gasteiger charge is -2.34. The summed E-state index contributed by atoms with van der Waals surface area (Å²) in [6, 6.07) is 27.6. The number of sulfonamides is 1. The summed E-state index contributed by atoms with van der Waals surface area (Å²) in [5.74, 6) is -0.593. The number of rotatable bonds is 13. The second-order valence-corrected chi connectivity index (χ2v) is 12.6. The Morgan fingerprint density at radius 2 is 1.50 bits per heavy atom. The van der Waals surface area contributed by atoms with Crippen LogP contribution in [0.2, 0.25) is 10.0 Å². The number of halogens is 2. The third-order valence-corrected chi connectivity index (χ3v) is 9.26. The molecule has 0 aliphatic carbocycles. The average molecular weight is 655 g/mol. The van der Waals surface area contributed by atoms with Crippen LogP contribution in [0.5, 0.6) is 5.75 Å². The van der Waals surface area contributed by atoms with E-state index in [0.29, 0.717) is 17.3 Å². The van der Waals surface area contributed by atoms with Gasteiger partial charge in [-0.05, 0) is 60.5 Å². The van der Waals surface area contributed by atoms with Crippen molar-refractivity contribution < 1.29 is 22.7 Å². The average Bonchev–Trinajstić information content (AvgIpc) is 3.03. The molecular weight excluding hydrogens is 621 g/mol. The molecule has 8 nitrogen and oxygen atoms in total. The minimum absolute atomic E-state index is 0.00597. The van der Waals surface area contributed by atoms with Gasteiger partial charge in [-0.15, -0.1) is 0 Å². The van der Waals surface area contributed by atoms with Crippen molar-refractivity contribution in [2.45, 2.75) is 30.8 Å². The number of methoxy groups -OCH3 is 1. The molecular formula is C33H33Cl2N3O5S. The molecule has 0 saturated heterocycles. The number of ether oxygens (including phenoxy) is 1. The number of nitrogens with zero attached hydrogens (tertiary/aromatic N) is 2. The largest absolute Gasteiger partial charge is 0.495 e. The second-order valence-electron chi connectivity index (χ2n) is 9.89. The number of hydrogen-bond acceptors (Lipinski definition) is 5. The first kappa shape index (κ1) is 32.9. The van der Waals surface area contributed by atoms with Crippen molar-refractivity contribution in [3.63, 3.8) is 0 Å². The van der Waals surface area contributed by atoms with Gasteiger partial charge >= 0.3 is 0 Å². The molecule has 0 radical (unpaired) electrons. The Kier molecular flexibility index (Phi) is 11.3. The maximum atomic E-state index is 14.4. The SMILES string of the molecule is CCNC(=O)C(Cc1ccccc1)N(Cc1ccc(Cl)cc1)C(=O)CN(c1ccc(OC)c(Cl)c1)S(=O)(=O)c1ccccc1. The van der Waals surface area contributed by atoms with E-state index in [2.05, 4.69) is 5.32 Å². The highest BCUT2D eigenvalue weighted by Gasteiger charge is 2.34. The van der Waals surface area contributed by atoms with Gasteiger partial charge in [-0.1, -0.05) is 83.9 Å². The fourth-order valence-electron chi connectivity index (χ4n) is 4.69. The Balaban J connectivity index is 1.80. The molecule has 0 spiro atoms. The zero-order chi connectivity index (χ0) is 31.7. The van der Waals surface area contributed by atoms with E-state index in [-0.39, 0.29) is 34.5 Å². The summed E-state index contributed by atoms with van der Waals surface area (Å²) in [7, 11) is -2.79. The van der Waals surface area contributed by atoms with Gasteiger partial charge < -0.3 is 15.0 Å². The molecule has 0 saturated carbocycles. The molecule has 11 heteroatoms. The molecule has 4 aromatic carbocycles. The first-order chi connectivity index (χ1) is 21.1. The van der Waals surface area contributed by atoms with E-state index >= 15 is 0 Å². The quantitative estimate of drug-likeness (QED) is 0.192. The van der Waals surface area contributed by atoms with E-state index in [0.717, 1.165) is 15.4 Å². The topological polar surface area (TPSA) is 96.0 Å². The minimum Gasteiger partial charge on any atom is -0.495 e. The Morgan fingerprint density at radius 1 is 0.864 bits per heavy atom. The van der Waals surface area contributed by atoms with E-state index in [4.69, 9.17) is 27.9 Å². The lowest BCUT2D eigenvalue weighted by molar-refractivity contribution is -0.140. The number of carbonyl (C=O) groups is 2. The first-order valence-electron chi connectivity index (χ1n) is 13.9. The van der Waals surface area contributed by atoms with Gasteiger partial charge in [-0.25, -0.2) is 8.42 Å². The zero-order valence-corrected chi connectivity index (χ0v) is 26.6. The molecule has 1 N–H and O–H groups in total. The van der Waals surface area contributed by atoms with Crippen LogP contribution >= 0.6 is 23.2 Å². The maximum absolute atomic E-state index is 14.4. The Labute approximate surface area is 268 Å². The van der Waals surface area contributed by atoms with Crippen molar-refractivity contribution in [3.8, 4) is 5.75 Å². The van der Waals surface area contributed by atoms with Gasteiger partial charge in [-0.3, -0.25) is 13.9 Å². The van der Waals surface area contributed by atoms with Crippen LogP contribution in [-0.2, 0) is 32.6 Å². The van der Waals surface area contributed by atoms with Gasteiger partial charge in [-0.2, -0.15) is 0 Å². The van der Waals surface area contributed by atoms with Gasteiger partial charge in [0, 0.05) is 24.5 Å². The number of hydrogen-bond donors (Lipinski definition) is 1. The standard InChI is InChI=1S/C33H33Cl2N3O5S/c1-3-36-33(40)30(20-24-10-6-4-7-11-24)37(22-25-14-16-26(34)17-15-25)32(39)23-38(27-18-19-31(43-2)29(35)21-27)44(41,42)28-12-8-5-9-13-28/h4-19,21,30H,3,20,22-23H2,1-2H3,(H,36,40). The smallest absolute Gasteiger partial charge is 0.264 e. The van der Waals surface area contributed by atoms with Gasteiger partial charge in [0.1, 0.15) is 18.3 Å². The van der Waals surface area contributed by atoms with Gasteiger partial charge in [0.05, 0.1) is 22.7 Å². The number of benzene rings is 4. The Hall–Kier alpha value is -4.05. The fourth-order valence-corrected chi connectivity index (χ4v) is 6.50. The van der Waals surface area contributed by atoms with Gasteiger partial charge in [0.2, 0.25) is 11.8 Å². The van der Waals surface area contributed by atoms with Crippen molar-refractivity contribution in [2.75, 3.05) is 24.5 Å². The molecule has 44 heavy (non-hydrogen) atoms. The molecule has 1 unspecified atom stereocenters. The molecule has 2 amide bonds. The van der Waals surface area contributed by atoms with Gasteiger partial charge in [0.25, 0.3) is 10.0 Å². The number of likely N-dealkylation sites (N-methyl/N-ethyl adjacent to an activating group) is 1. The van der Waals surface area contributed by atoms with Crippen LogP contribution in [0.4, 0.5) is 5.69 Å². The highest BCUT2D eigenvalue weighted by molar-refractivity contribution is 7.92. The van der Waals surface area contributed by atoms with Crippen molar-refractivity contribution >= 4 is 50.7 Å². The lowest BCUT2D eigenvalue weighted by Crippen LogP contribution is -2.53. The summed E-state index contributed by atoms with van der Waals surface area (Å²) >= 11 is 12.5. The predicted molar refractivity (Wildman–Crippen MR) is 174 cm³/mol. The Morgan fingerprint density at radius 3 is 2.09 bits per heavy atom. The molecule has 0 aliphatic heterocycles. The van der Waals surface area contributed by atoms with Crippen LogP contribution in [0, 0.1) is 0 Å². The van der Waals surface area contributed by atoms with E-state index < -0.39 is 28.5 Å². The minimum atomic E-state index is -4.24. The monoisotopic (exact) mass is 653 g/mol. The summed E-state index contributed by atoms with van der Waals surface area (Å²) < 4.78 is 34.3. The molecule has 0 aromatic heterocycles. The second kappa shape index (κ2) is 15.1. The predicted octanol–water partition coefficient (Wildman–Crippen LogP) is 5.97. The Bertz CT molecular complexity index is 1670. The summed E-state index contributed by atoms with van der Waals surface area (Å²) in [6.07, 6.45) is 0.214. The molecule has 4 rings (SSSR count). The summed E-state index contributed by atoms with van der Waals surface area (Å²) in [5.41, 5.74) is 1.72. The molecule has 4 aromatic rings. The van der Waals surface area contributed by atoms with E-state index in [1.807, 2.05) is 30.3 Å². The molecule has 0 bridgehead atoms. The maximum Gasteiger partial charge on any atom is 0.264 e. The highest BCUT2D eigenvalue weighted by Crippen LogP contribution is 2.32. The highest BCUT2D eigenvalue weighted by atomic mass is 35.5. The van der Waals surface area contributed by atoms with Crippen LogP contribution in [-0.4, -0.2) is 51.4 Å². The molecule has 1 atom stereocenters. The van der Waals surface area contributed by atoms with Crippen LogP contribution in [0.25, 0.3) is 0 Å². The first-order valence-corrected chi connectivity index (χ1v) is 16.1. The van der Waals surface area contributed by atoms with E-state index in [1.165, 1.54) is 42.3 Å². The van der Waals surface area contributed by atoms with Crippen LogP contribution in [0.3, 0.4) is 0 Å². The van der Waals surface area contributed by atoms with Gasteiger partial charge in [0.15, 0.2) is 0 Å². The third-order valence-electron chi connectivity index (χ3n) is 6.92. The molecule has 230 valence electrons. The molecule has 0 heterocycles. The normalized spacial score (nSPS) is 11.8. The number of amides is 2. The van der Waals surface area contributed by atoms with Crippen molar-refractivity contribution in [2.24, 2.45) is 0 Å².